The van der Waals surface area contributed by atoms with Gasteiger partial charge in [0.15, 0.2) is 0 Å². The van der Waals surface area contributed by atoms with Crippen LogP contribution in [0.1, 0.15) is 6.92 Å². The van der Waals surface area contributed by atoms with Gasteiger partial charge in [0, 0.05) is 10.6 Å². The molecule has 7 heteroatoms. The second-order valence-corrected chi connectivity index (χ2v) is 4.92. The van der Waals surface area contributed by atoms with Gasteiger partial charge in [0.1, 0.15) is 5.75 Å². The van der Waals surface area contributed by atoms with E-state index in [0.717, 1.165) is 11.8 Å². The number of alkyl halides is 3. The summed E-state index contributed by atoms with van der Waals surface area (Å²) in [6.07, 6.45) is -4.87. The third kappa shape index (κ3) is 2.70. The number of fused-ring (bicyclic) bond motifs is 1. The van der Waals surface area contributed by atoms with Crippen LogP contribution in [0, 0.1) is 0 Å². The maximum Gasteiger partial charge on any atom is 0.455 e. The van der Waals surface area contributed by atoms with Crippen molar-refractivity contribution in [1.29, 1.82) is 0 Å². The van der Waals surface area contributed by atoms with Crippen LogP contribution in [0.4, 0.5) is 18.9 Å². The van der Waals surface area contributed by atoms with Crippen molar-refractivity contribution in [2.75, 3.05) is 12.4 Å². The van der Waals surface area contributed by atoms with E-state index in [9.17, 15) is 18.0 Å². The van der Waals surface area contributed by atoms with Gasteiger partial charge in [-0.15, -0.1) is 0 Å². The fraction of sp³-hybridized carbons (Fsp3) is 0.250. The Bertz CT molecular complexity index is 567. The van der Waals surface area contributed by atoms with E-state index in [4.69, 9.17) is 4.74 Å². The standard InChI is InChI=1S/C12H10F3NO2S/c1-6-10(11(17)12(13,14)15)19-9-5-7(18-2)3-4-8(9)16-6/h3-5,16H,1-2H3. The van der Waals surface area contributed by atoms with Crippen LogP contribution in [-0.2, 0) is 4.79 Å². The zero-order chi connectivity index (χ0) is 14.2. The molecule has 1 aromatic carbocycles. The monoisotopic (exact) mass is 289 g/mol. The second-order valence-electron chi connectivity index (χ2n) is 3.87. The molecule has 0 unspecified atom stereocenters. The maximum absolute atomic E-state index is 12.5. The van der Waals surface area contributed by atoms with Crippen molar-refractivity contribution >= 4 is 23.2 Å². The summed E-state index contributed by atoms with van der Waals surface area (Å²) in [5.41, 5.74) is 0.854. The first-order valence-electron chi connectivity index (χ1n) is 5.28. The SMILES string of the molecule is COc1ccc2c(c1)SC(C(=O)C(F)(F)F)=C(C)N2. The topological polar surface area (TPSA) is 38.3 Å². The first kappa shape index (κ1) is 13.8. The summed E-state index contributed by atoms with van der Waals surface area (Å²) in [5, 5.41) is 2.80. The second kappa shape index (κ2) is 4.80. The lowest BCUT2D eigenvalue weighted by Gasteiger charge is -2.22. The number of rotatable bonds is 2. The molecule has 2 rings (SSSR count). The summed E-state index contributed by atoms with van der Waals surface area (Å²) in [6.45, 7) is 1.44. The van der Waals surface area contributed by atoms with Gasteiger partial charge in [0.25, 0.3) is 5.78 Å². The molecular weight excluding hydrogens is 279 g/mol. The van der Waals surface area contributed by atoms with E-state index in [0.29, 0.717) is 16.3 Å². The lowest BCUT2D eigenvalue weighted by molar-refractivity contribution is -0.165. The van der Waals surface area contributed by atoms with Crippen LogP contribution in [0.5, 0.6) is 5.75 Å². The minimum atomic E-state index is -4.87. The summed E-state index contributed by atoms with van der Waals surface area (Å²) >= 11 is 0.797. The molecule has 1 aromatic rings. The zero-order valence-corrected chi connectivity index (χ0v) is 10.9. The number of hydrogen-bond acceptors (Lipinski definition) is 4. The molecule has 0 aromatic heterocycles. The molecule has 0 atom stereocenters. The Morgan fingerprint density at radius 2 is 2.05 bits per heavy atom. The molecule has 0 radical (unpaired) electrons. The number of nitrogens with one attached hydrogen (secondary N) is 1. The number of benzene rings is 1. The third-order valence-corrected chi connectivity index (χ3v) is 3.78. The zero-order valence-electron chi connectivity index (χ0n) is 10.1. The van der Waals surface area contributed by atoms with Gasteiger partial charge < -0.3 is 10.1 Å². The van der Waals surface area contributed by atoms with Crippen molar-refractivity contribution in [2.45, 2.75) is 18.0 Å². The van der Waals surface area contributed by atoms with Crippen molar-refractivity contribution in [1.82, 2.24) is 0 Å². The first-order valence-corrected chi connectivity index (χ1v) is 6.10. The smallest absolute Gasteiger partial charge is 0.455 e. The van der Waals surface area contributed by atoms with E-state index < -0.39 is 12.0 Å². The van der Waals surface area contributed by atoms with Gasteiger partial charge >= 0.3 is 6.18 Å². The van der Waals surface area contributed by atoms with Crippen LogP contribution in [0.15, 0.2) is 33.7 Å². The highest BCUT2D eigenvalue weighted by Gasteiger charge is 2.42. The fourth-order valence-corrected chi connectivity index (χ4v) is 2.64. The number of ketones is 1. The van der Waals surface area contributed by atoms with Gasteiger partial charge in [-0.1, -0.05) is 11.8 Å². The Balaban J connectivity index is 2.37. The maximum atomic E-state index is 12.5. The summed E-state index contributed by atoms with van der Waals surface area (Å²) in [6, 6.07) is 4.97. The van der Waals surface area contributed by atoms with E-state index >= 15 is 0 Å². The van der Waals surface area contributed by atoms with Crippen molar-refractivity contribution < 1.29 is 22.7 Å². The number of carbonyl (C=O) groups is 1. The van der Waals surface area contributed by atoms with Crippen LogP contribution in [-0.4, -0.2) is 19.1 Å². The van der Waals surface area contributed by atoms with E-state index in [1.807, 2.05) is 0 Å². The molecule has 1 heterocycles. The average molecular weight is 289 g/mol. The highest BCUT2D eigenvalue weighted by atomic mass is 32.2. The Hall–Kier alpha value is -1.63. The molecule has 1 aliphatic heterocycles. The average Bonchev–Trinajstić information content (AvgIpc) is 2.35. The van der Waals surface area contributed by atoms with Gasteiger partial charge in [-0.2, -0.15) is 13.2 Å². The summed E-state index contributed by atoms with van der Waals surface area (Å²) < 4.78 is 42.4. The van der Waals surface area contributed by atoms with Gasteiger partial charge in [-0.25, -0.2) is 0 Å². The Labute approximate surface area is 111 Å². The van der Waals surface area contributed by atoms with Crippen molar-refractivity contribution in [2.24, 2.45) is 0 Å². The molecule has 102 valence electrons. The fourth-order valence-electron chi connectivity index (χ4n) is 1.61. The predicted octanol–water partition coefficient (Wildman–Crippen LogP) is 3.58. The van der Waals surface area contributed by atoms with Crippen molar-refractivity contribution in [3.8, 4) is 5.75 Å². The minimum Gasteiger partial charge on any atom is -0.497 e. The molecule has 0 spiro atoms. The number of ether oxygens (including phenoxy) is 1. The molecule has 19 heavy (non-hydrogen) atoms. The van der Waals surface area contributed by atoms with Gasteiger partial charge in [0.05, 0.1) is 17.7 Å². The normalized spacial score (nSPS) is 14.8. The van der Waals surface area contributed by atoms with Crippen LogP contribution in [0.2, 0.25) is 0 Å². The predicted molar refractivity (Wildman–Crippen MR) is 66.2 cm³/mol. The highest BCUT2D eigenvalue weighted by Crippen LogP contribution is 2.43. The molecule has 0 saturated heterocycles. The summed E-state index contributed by atoms with van der Waals surface area (Å²) in [7, 11) is 1.46. The number of allylic oxidation sites excluding steroid dienone is 2. The third-order valence-electron chi connectivity index (χ3n) is 2.53. The lowest BCUT2D eigenvalue weighted by Crippen LogP contribution is -2.26. The number of thioether (sulfide) groups is 1. The largest absolute Gasteiger partial charge is 0.497 e. The number of hydrogen-bond donors (Lipinski definition) is 1. The number of halogens is 3. The number of anilines is 1. The van der Waals surface area contributed by atoms with Crippen LogP contribution < -0.4 is 10.1 Å². The van der Waals surface area contributed by atoms with E-state index in [1.54, 1.807) is 18.2 Å². The molecule has 1 N–H and O–H groups in total. The summed E-state index contributed by atoms with van der Waals surface area (Å²) in [4.78, 5) is 11.5. The van der Waals surface area contributed by atoms with E-state index in [2.05, 4.69) is 5.32 Å². The van der Waals surface area contributed by atoms with Gasteiger partial charge in [-0.3, -0.25) is 4.79 Å². The number of carbonyl (C=O) groups excluding carboxylic acids is 1. The number of methoxy groups -OCH3 is 1. The lowest BCUT2D eigenvalue weighted by atomic mass is 10.2. The molecular formula is C12H10F3NO2S. The van der Waals surface area contributed by atoms with Gasteiger partial charge in [0.2, 0.25) is 0 Å². The molecule has 0 saturated carbocycles. The molecule has 3 nitrogen and oxygen atoms in total. The molecule has 0 bridgehead atoms. The van der Waals surface area contributed by atoms with E-state index in [1.165, 1.54) is 14.0 Å². The van der Waals surface area contributed by atoms with Crippen LogP contribution in [0.3, 0.4) is 0 Å². The number of Topliss-reactive ketones (excluding diaryl/α,β-unsaturated/α-hetero) is 1. The van der Waals surface area contributed by atoms with E-state index in [-0.39, 0.29) is 10.6 Å². The Morgan fingerprint density at radius 1 is 1.37 bits per heavy atom. The highest BCUT2D eigenvalue weighted by molar-refractivity contribution is 8.04. The molecule has 0 amide bonds. The molecule has 1 aliphatic rings. The Kier molecular flexibility index (Phi) is 3.49. The Morgan fingerprint density at radius 3 is 2.63 bits per heavy atom. The van der Waals surface area contributed by atoms with Crippen molar-refractivity contribution in [3.05, 3.63) is 28.8 Å². The van der Waals surface area contributed by atoms with Crippen molar-refractivity contribution in [3.63, 3.8) is 0 Å². The summed E-state index contributed by atoms with van der Waals surface area (Å²) in [5.74, 6) is -1.32. The van der Waals surface area contributed by atoms with Gasteiger partial charge in [-0.05, 0) is 25.1 Å². The quantitative estimate of drug-likeness (QED) is 0.903. The van der Waals surface area contributed by atoms with Crippen LogP contribution >= 0.6 is 11.8 Å². The minimum absolute atomic E-state index is 0.199. The molecule has 0 aliphatic carbocycles. The first-order chi connectivity index (χ1) is 8.82. The molecule has 0 fully saturated rings. The van der Waals surface area contributed by atoms with Crippen LogP contribution in [0.25, 0.3) is 0 Å².